The molecule has 2 unspecified atom stereocenters. The third-order valence-electron chi connectivity index (χ3n) is 4.31. The van der Waals surface area contributed by atoms with Gasteiger partial charge >= 0.3 is 5.97 Å². The van der Waals surface area contributed by atoms with E-state index in [0.29, 0.717) is 19.4 Å². The highest BCUT2D eigenvalue weighted by molar-refractivity contribution is 5.92. The maximum absolute atomic E-state index is 12.2. The first-order valence-electron chi connectivity index (χ1n) is 7.86. The number of rotatable bonds is 6. The lowest BCUT2D eigenvalue weighted by molar-refractivity contribution is -0.145. The molecule has 2 aromatic rings. The van der Waals surface area contributed by atoms with Crippen LogP contribution in [0.3, 0.4) is 0 Å². The average Bonchev–Trinajstić information content (AvgIpc) is 3.33. The van der Waals surface area contributed by atoms with Gasteiger partial charge in [-0.2, -0.15) is 0 Å². The van der Waals surface area contributed by atoms with E-state index >= 15 is 0 Å². The van der Waals surface area contributed by atoms with Crippen molar-refractivity contribution < 1.29 is 14.3 Å². The molecule has 22 heavy (non-hydrogen) atoms. The Kier molecular flexibility index (Phi) is 4.23. The van der Waals surface area contributed by atoms with Crippen molar-refractivity contribution in [2.24, 2.45) is 11.8 Å². The van der Waals surface area contributed by atoms with Gasteiger partial charge in [-0.1, -0.05) is 42.5 Å². The zero-order chi connectivity index (χ0) is 15.5. The summed E-state index contributed by atoms with van der Waals surface area (Å²) >= 11 is 0. The predicted molar refractivity (Wildman–Crippen MR) is 85.5 cm³/mol. The van der Waals surface area contributed by atoms with Crippen LogP contribution < -0.4 is 0 Å². The van der Waals surface area contributed by atoms with E-state index < -0.39 is 0 Å². The molecule has 3 heteroatoms. The first-order chi connectivity index (χ1) is 10.7. The van der Waals surface area contributed by atoms with Crippen molar-refractivity contribution >= 4 is 22.5 Å². The summed E-state index contributed by atoms with van der Waals surface area (Å²) in [7, 11) is 0. The molecule has 2 atom stereocenters. The van der Waals surface area contributed by atoms with Gasteiger partial charge in [0.2, 0.25) is 0 Å². The SMILES string of the molecule is CCOC(=O)C1CC1C(=O)CCc1cccc2ccccc12. The van der Waals surface area contributed by atoms with Crippen LogP contribution in [0.1, 0.15) is 25.3 Å². The van der Waals surface area contributed by atoms with Gasteiger partial charge in [0.1, 0.15) is 5.78 Å². The predicted octanol–water partition coefficient (Wildman–Crippen LogP) is 3.54. The van der Waals surface area contributed by atoms with E-state index in [4.69, 9.17) is 4.74 Å². The lowest BCUT2D eigenvalue weighted by Crippen LogP contribution is -2.12. The highest BCUT2D eigenvalue weighted by atomic mass is 16.5. The van der Waals surface area contributed by atoms with Crippen molar-refractivity contribution in [1.82, 2.24) is 0 Å². The fraction of sp³-hybridized carbons (Fsp3) is 0.368. The molecule has 3 rings (SSSR count). The van der Waals surface area contributed by atoms with Crippen LogP contribution in [0.5, 0.6) is 0 Å². The Bertz CT molecular complexity index is 699. The smallest absolute Gasteiger partial charge is 0.309 e. The summed E-state index contributed by atoms with van der Waals surface area (Å²) in [5.74, 6) is -0.342. The number of hydrogen-bond acceptors (Lipinski definition) is 3. The van der Waals surface area contributed by atoms with Gasteiger partial charge in [0.15, 0.2) is 0 Å². The van der Waals surface area contributed by atoms with Crippen molar-refractivity contribution in [3.05, 3.63) is 48.0 Å². The molecule has 1 saturated carbocycles. The van der Waals surface area contributed by atoms with E-state index in [0.717, 1.165) is 6.42 Å². The second-order valence-corrected chi connectivity index (χ2v) is 5.81. The molecule has 0 N–H and O–H groups in total. The minimum absolute atomic E-state index is 0.117. The molecular formula is C19H20O3. The lowest BCUT2D eigenvalue weighted by Gasteiger charge is -2.06. The highest BCUT2D eigenvalue weighted by Gasteiger charge is 2.48. The van der Waals surface area contributed by atoms with Crippen LogP contribution in [-0.2, 0) is 20.7 Å². The van der Waals surface area contributed by atoms with Crippen molar-refractivity contribution in [2.75, 3.05) is 6.61 Å². The molecule has 114 valence electrons. The molecule has 0 radical (unpaired) electrons. The molecule has 1 aliphatic rings. The average molecular weight is 296 g/mol. The van der Waals surface area contributed by atoms with E-state index in [9.17, 15) is 9.59 Å². The summed E-state index contributed by atoms with van der Waals surface area (Å²) < 4.78 is 4.98. The Labute approximate surface area is 130 Å². The molecule has 0 saturated heterocycles. The molecule has 0 aliphatic heterocycles. The molecule has 2 aromatic carbocycles. The quantitative estimate of drug-likeness (QED) is 0.766. The number of carbonyl (C=O) groups excluding carboxylic acids is 2. The van der Waals surface area contributed by atoms with Crippen LogP contribution in [0.15, 0.2) is 42.5 Å². The topological polar surface area (TPSA) is 43.4 Å². The molecule has 1 aliphatic carbocycles. The van der Waals surface area contributed by atoms with E-state index in [1.165, 1.54) is 16.3 Å². The number of carbonyl (C=O) groups is 2. The summed E-state index contributed by atoms with van der Waals surface area (Å²) in [5, 5.41) is 2.40. The molecule has 0 amide bonds. The number of aryl methyl sites for hydroxylation is 1. The van der Waals surface area contributed by atoms with Gasteiger partial charge in [-0.05, 0) is 36.1 Å². The summed E-state index contributed by atoms with van der Waals surface area (Å²) in [5.41, 5.74) is 1.19. The summed E-state index contributed by atoms with van der Waals surface area (Å²) in [6.45, 7) is 2.17. The number of esters is 1. The summed E-state index contributed by atoms with van der Waals surface area (Å²) in [4.78, 5) is 23.8. The molecule has 0 spiro atoms. The Hall–Kier alpha value is -2.16. The molecule has 3 nitrogen and oxygen atoms in total. The maximum atomic E-state index is 12.2. The number of Topliss-reactive ketones (excluding diaryl/α,β-unsaturated/α-hetero) is 1. The van der Waals surface area contributed by atoms with Crippen LogP contribution in [0, 0.1) is 11.8 Å². The van der Waals surface area contributed by atoms with Gasteiger partial charge in [-0.3, -0.25) is 9.59 Å². The van der Waals surface area contributed by atoms with E-state index in [1.54, 1.807) is 6.92 Å². The van der Waals surface area contributed by atoms with Gasteiger partial charge in [-0.15, -0.1) is 0 Å². The minimum atomic E-state index is -0.217. The first kappa shape index (κ1) is 14.8. The number of fused-ring (bicyclic) bond motifs is 1. The fourth-order valence-electron chi connectivity index (χ4n) is 3.01. The van der Waals surface area contributed by atoms with E-state index in [1.807, 2.05) is 18.2 Å². The number of ketones is 1. The largest absolute Gasteiger partial charge is 0.466 e. The van der Waals surface area contributed by atoms with Gasteiger partial charge in [-0.25, -0.2) is 0 Å². The first-order valence-corrected chi connectivity index (χ1v) is 7.86. The van der Waals surface area contributed by atoms with Gasteiger partial charge in [0, 0.05) is 12.3 Å². The Balaban J connectivity index is 1.61. The van der Waals surface area contributed by atoms with Gasteiger partial charge < -0.3 is 4.74 Å². The Morgan fingerprint density at radius 1 is 1.09 bits per heavy atom. The standard InChI is InChI=1S/C19H20O3/c1-2-22-19(21)17-12-16(17)18(20)11-10-14-8-5-7-13-6-3-4-9-15(13)14/h3-9,16-17H,2,10-12H2,1H3. The van der Waals surface area contributed by atoms with E-state index in [-0.39, 0.29) is 23.6 Å². The van der Waals surface area contributed by atoms with E-state index in [2.05, 4.69) is 24.3 Å². The maximum Gasteiger partial charge on any atom is 0.309 e. The molecular weight excluding hydrogens is 276 g/mol. The molecule has 0 bridgehead atoms. The van der Waals surface area contributed by atoms with Crippen molar-refractivity contribution in [1.29, 1.82) is 0 Å². The summed E-state index contributed by atoms with van der Waals surface area (Å²) in [6.07, 6.45) is 1.88. The highest BCUT2D eigenvalue weighted by Crippen LogP contribution is 2.41. The monoisotopic (exact) mass is 296 g/mol. The lowest BCUT2D eigenvalue weighted by atomic mass is 9.99. The molecule has 0 aromatic heterocycles. The van der Waals surface area contributed by atoms with Crippen molar-refractivity contribution in [3.8, 4) is 0 Å². The fourth-order valence-corrected chi connectivity index (χ4v) is 3.01. The zero-order valence-corrected chi connectivity index (χ0v) is 12.7. The van der Waals surface area contributed by atoms with Crippen LogP contribution in [-0.4, -0.2) is 18.4 Å². The number of hydrogen-bond donors (Lipinski definition) is 0. The van der Waals surface area contributed by atoms with Gasteiger partial charge in [0.05, 0.1) is 12.5 Å². The zero-order valence-electron chi connectivity index (χ0n) is 12.7. The normalized spacial score (nSPS) is 19.9. The van der Waals surface area contributed by atoms with Crippen molar-refractivity contribution in [3.63, 3.8) is 0 Å². The second kappa shape index (κ2) is 6.30. The third kappa shape index (κ3) is 3.03. The number of benzene rings is 2. The van der Waals surface area contributed by atoms with Crippen molar-refractivity contribution in [2.45, 2.75) is 26.2 Å². The Morgan fingerprint density at radius 3 is 2.68 bits per heavy atom. The molecule has 1 fully saturated rings. The van der Waals surface area contributed by atoms with Crippen LogP contribution in [0.2, 0.25) is 0 Å². The van der Waals surface area contributed by atoms with Crippen LogP contribution >= 0.6 is 0 Å². The van der Waals surface area contributed by atoms with Gasteiger partial charge in [0.25, 0.3) is 0 Å². The van der Waals surface area contributed by atoms with Crippen LogP contribution in [0.25, 0.3) is 10.8 Å². The third-order valence-corrected chi connectivity index (χ3v) is 4.31. The Morgan fingerprint density at radius 2 is 1.86 bits per heavy atom. The second-order valence-electron chi connectivity index (χ2n) is 5.81. The summed E-state index contributed by atoms with van der Waals surface area (Å²) in [6, 6.07) is 14.4. The minimum Gasteiger partial charge on any atom is -0.466 e. The van der Waals surface area contributed by atoms with Crippen LogP contribution in [0.4, 0.5) is 0 Å². The number of ether oxygens (including phenoxy) is 1. The molecule has 0 heterocycles.